The Kier molecular flexibility index (Phi) is 2.70. The molecule has 1 aliphatic rings. The number of furan rings is 1. The minimum Gasteiger partial charge on any atom is -0.469 e. The van der Waals surface area contributed by atoms with Gasteiger partial charge >= 0.3 is 0 Å². The summed E-state index contributed by atoms with van der Waals surface area (Å²) < 4.78 is 10.8. The summed E-state index contributed by atoms with van der Waals surface area (Å²) in [5.74, 6) is 3.38. The molecule has 2 atom stereocenters. The molecule has 7 heteroatoms. The van der Waals surface area contributed by atoms with Gasteiger partial charge in [-0.2, -0.15) is 4.98 Å². The second-order valence-corrected chi connectivity index (χ2v) is 4.96. The first-order chi connectivity index (χ1) is 10.3. The summed E-state index contributed by atoms with van der Waals surface area (Å²) in [4.78, 5) is 12.7. The van der Waals surface area contributed by atoms with E-state index in [2.05, 4.69) is 25.4 Å². The molecular formula is C14H13N5O2. The van der Waals surface area contributed by atoms with Gasteiger partial charge in [-0.05, 0) is 18.6 Å². The summed E-state index contributed by atoms with van der Waals surface area (Å²) in [5.41, 5.74) is 0.638. The summed E-state index contributed by atoms with van der Waals surface area (Å²) in [6, 6.07) is 5.65. The Morgan fingerprint density at radius 3 is 3.05 bits per heavy atom. The molecule has 3 aromatic heterocycles. The molecule has 3 heterocycles. The fourth-order valence-electron chi connectivity index (χ4n) is 2.39. The van der Waals surface area contributed by atoms with Crippen LogP contribution in [0.2, 0.25) is 0 Å². The van der Waals surface area contributed by atoms with Crippen LogP contribution in [0, 0.1) is 0 Å². The van der Waals surface area contributed by atoms with Gasteiger partial charge in [0.15, 0.2) is 0 Å². The van der Waals surface area contributed by atoms with Gasteiger partial charge < -0.3 is 14.3 Å². The molecule has 1 fully saturated rings. The van der Waals surface area contributed by atoms with E-state index in [0.717, 1.165) is 12.2 Å². The lowest BCUT2D eigenvalue weighted by Gasteiger charge is -1.98. The molecule has 0 radical (unpaired) electrons. The molecule has 1 N–H and O–H groups in total. The third kappa shape index (κ3) is 2.16. The molecule has 3 aromatic rings. The minimum atomic E-state index is 0.239. The van der Waals surface area contributed by atoms with Crippen LogP contribution in [0.4, 0.5) is 5.82 Å². The van der Waals surface area contributed by atoms with Crippen molar-refractivity contribution in [3.8, 4) is 11.5 Å². The molecule has 0 aromatic carbocycles. The van der Waals surface area contributed by atoms with Crippen LogP contribution in [-0.4, -0.2) is 27.2 Å². The van der Waals surface area contributed by atoms with E-state index in [9.17, 15) is 0 Å². The quantitative estimate of drug-likeness (QED) is 0.786. The zero-order chi connectivity index (χ0) is 14.2. The summed E-state index contributed by atoms with van der Waals surface area (Å²) in [6.07, 6.45) is 4.13. The Bertz CT molecular complexity index is 752. The molecular weight excluding hydrogens is 270 g/mol. The topological polar surface area (TPSA) is 89.9 Å². The molecule has 0 unspecified atom stereocenters. The lowest BCUT2D eigenvalue weighted by atomic mass is 10.2. The molecule has 7 nitrogen and oxygen atoms in total. The first-order valence-electron chi connectivity index (χ1n) is 6.72. The molecule has 0 aliphatic heterocycles. The van der Waals surface area contributed by atoms with E-state index >= 15 is 0 Å². The number of hydrogen-bond acceptors (Lipinski definition) is 7. The highest BCUT2D eigenvalue weighted by Crippen LogP contribution is 2.54. The second kappa shape index (κ2) is 4.69. The van der Waals surface area contributed by atoms with Crippen LogP contribution in [0.5, 0.6) is 0 Å². The van der Waals surface area contributed by atoms with Crippen molar-refractivity contribution in [3.05, 3.63) is 42.4 Å². The van der Waals surface area contributed by atoms with Crippen molar-refractivity contribution in [1.29, 1.82) is 0 Å². The summed E-state index contributed by atoms with van der Waals surface area (Å²) in [5, 5.41) is 6.96. The molecule has 1 aliphatic carbocycles. The summed E-state index contributed by atoms with van der Waals surface area (Å²) in [7, 11) is 1.80. The van der Waals surface area contributed by atoms with Crippen molar-refractivity contribution in [3.63, 3.8) is 0 Å². The van der Waals surface area contributed by atoms with Gasteiger partial charge in [0.25, 0.3) is 0 Å². The summed E-state index contributed by atoms with van der Waals surface area (Å²) in [6.45, 7) is 0. The molecule has 0 bridgehead atoms. The van der Waals surface area contributed by atoms with E-state index < -0.39 is 0 Å². The molecule has 106 valence electrons. The largest absolute Gasteiger partial charge is 0.469 e. The van der Waals surface area contributed by atoms with E-state index in [1.807, 2.05) is 12.1 Å². The van der Waals surface area contributed by atoms with Gasteiger partial charge in [-0.25, -0.2) is 9.97 Å². The maximum Gasteiger partial charge on any atom is 0.230 e. The first kappa shape index (κ1) is 12.1. The van der Waals surface area contributed by atoms with Crippen molar-refractivity contribution in [2.45, 2.75) is 18.3 Å². The molecule has 0 spiro atoms. The van der Waals surface area contributed by atoms with Gasteiger partial charge in [0.05, 0.1) is 6.26 Å². The monoisotopic (exact) mass is 283 g/mol. The highest BCUT2D eigenvalue weighted by Gasteiger charge is 2.45. The van der Waals surface area contributed by atoms with Crippen LogP contribution >= 0.6 is 0 Å². The zero-order valence-electron chi connectivity index (χ0n) is 11.4. The van der Waals surface area contributed by atoms with Gasteiger partial charge in [0, 0.05) is 24.9 Å². The van der Waals surface area contributed by atoms with Crippen molar-refractivity contribution < 1.29 is 8.94 Å². The molecule has 1 saturated carbocycles. The third-order valence-corrected chi connectivity index (χ3v) is 3.61. The van der Waals surface area contributed by atoms with Gasteiger partial charge in [-0.15, -0.1) is 0 Å². The zero-order valence-corrected chi connectivity index (χ0v) is 11.4. The number of hydrogen-bond donors (Lipinski definition) is 1. The maximum absolute atomic E-state index is 5.41. The van der Waals surface area contributed by atoms with Crippen molar-refractivity contribution in [2.75, 3.05) is 12.4 Å². The Morgan fingerprint density at radius 1 is 1.29 bits per heavy atom. The molecule has 0 amide bonds. The van der Waals surface area contributed by atoms with Crippen LogP contribution in [0.1, 0.15) is 29.9 Å². The normalized spacial score (nSPS) is 20.4. The Labute approximate surface area is 120 Å². The molecule has 0 saturated heterocycles. The highest BCUT2D eigenvalue weighted by molar-refractivity contribution is 5.53. The van der Waals surface area contributed by atoms with Gasteiger partial charge in [0.2, 0.25) is 11.7 Å². The van der Waals surface area contributed by atoms with Gasteiger partial charge in [-0.3, -0.25) is 0 Å². The van der Waals surface area contributed by atoms with E-state index in [1.54, 1.807) is 19.4 Å². The average molecular weight is 283 g/mol. The minimum absolute atomic E-state index is 0.239. The SMILES string of the molecule is CNc1cc(-c2noc([C@@H]3C[C@H]3c3ccco3)n2)ncn1. The first-order valence-corrected chi connectivity index (χ1v) is 6.72. The standard InChI is InChI=1S/C14H13N5O2/c1-15-12-6-10(16-7-17-12)13-18-14(21-19-13)9-5-8(9)11-3-2-4-20-11/h2-4,6-9H,5H2,1H3,(H,15,16,17)/t8-,9-/m1/s1. The van der Waals surface area contributed by atoms with Gasteiger partial charge in [-0.1, -0.05) is 5.16 Å². The lowest BCUT2D eigenvalue weighted by molar-refractivity contribution is 0.376. The Balaban J connectivity index is 1.56. The van der Waals surface area contributed by atoms with Crippen LogP contribution in [-0.2, 0) is 0 Å². The number of nitrogens with zero attached hydrogens (tertiary/aromatic N) is 4. The van der Waals surface area contributed by atoms with E-state index in [-0.39, 0.29) is 5.92 Å². The van der Waals surface area contributed by atoms with Gasteiger partial charge in [0.1, 0.15) is 23.6 Å². The second-order valence-electron chi connectivity index (χ2n) is 4.96. The molecule has 21 heavy (non-hydrogen) atoms. The Hall–Kier alpha value is -2.70. The van der Waals surface area contributed by atoms with Crippen LogP contribution in [0.25, 0.3) is 11.5 Å². The molecule has 4 rings (SSSR count). The van der Waals surface area contributed by atoms with Crippen molar-refractivity contribution in [2.24, 2.45) is 0 Å². The van der Waals surface area contributed by atoms with E-state index in [4.69, 9.17) is 8.94 Å². The van der Waals surface area contributed by atoms with Crippen LogP contribution < -0.4 is 5.32 Å². The Morgan fingerprint density at radius 2 is 2.24 bits per heavy atom. The number of aromatic nitrogens is 4. The number of rotatable bonds is 4. The number of anilines is 1. The highest BCUT2D eigenvalue weighted by atomic mass is 16.5. The third-order valence-electron chi connectivity index (χ3n) is 3.61. The predicted molar refractivity (Wildman–Crippen MR) is 73.7 cm³/mol. The van der Waals surface area contributed by atoms with Crippen LogP contribution in [0.15, 0.2) is 39.7 Å². The van der Waals surface area contributed by atoms with Crippen molar-refractivity contribution >= 4 is 5.82 Å². The van der Waals surface area contributed by atoms with Crippen LogP contribution in [0.3, 0.4) is 0 Å². The van der Waals surface area contributed by atoms with E-state index in [1.165, 1.54) is 6.33 Å². The smallest absolute Gasteiger partial charge is 0.230 e. The summed E-state index contributed by atoms with van der Waals surface area (Å²) >= 11 is 0. The number of nitrogens with one attached hydrogen (secondary N) is 1. The average Bonchev–Trinajstić information content (AvgIpc) is 2.97. The predicted octanol–water partition coefficient (Wildman–Crippen LogP) is 2.43. The fourth-order valence-corrected chi connectivity index (χ4v) is 2.39. The lowest BCUT2D eigenvalue weighted by Crippen LogP contribution is -1.95. The maximum atomic E-state index is 5.41. The fraction of sp³-hybridized carbons (Fsp3) is 0.286. The van der Waals surface area contributed by atoms with Crippen molar-refractivity contribution in [1.82, 2.24) is 20.1 Å². The van der Waals surface area contributed by atoms with E-state index in [0.29, 0.717) is 29.1 Å².